The van der Waals surface area contributed by atoms with Crippen LogP contribution >= 0.6 is 0 Å². The molecule has 1 nitrogen and oxygen atoms in total. The highest BCUT2D eigenvalue weighted by Crippen LogP contribution is 2.15. The minimum absolute atomic E-state index is 0.856. The second kappa shape index (κ2) is 21.2. The van der Waals surface area contributed by atoms with Crippen molar-refractivity contribution in [2.75, 3.05) is 6.61 Å². The molecule has 0 fully saturated rings. The van der Waals surface area contributed by atoms with Crippen molar-refractivity contribution in [1.29, 1.82) is 0 Å². The van der Waals surface area contributed by atoms with Crippen molar-refractivity contribution in [3.63, 3.8) is 0 Å². The van der Waals surface area contributed by atoms with Gasteiger partial charge in [0.05, 0.1) is 0 Å². The molecule has 0 unspecified atom stereocenters. The van der Waals surface area contributed by atoms with Gasteiger partial charge in [-0.1, -0.05) is 123 Å². The first-order valence-corrected chi connectivity index (χ1v) is 11.5. The molecule has 0 aliphatic carbocycles. The molecule has 0 amide bonds. The lowest BCUT2D eigenvalue weighted by molar-refractivity contribution is 0.332. The van der Waals surface area contributed by atoms with E-state index in [9.17, 15) is 0 Å². The highest BCUT2D eigenvalue weighted by molar-refractivity contribution is 5.97. The topological polar surface area (TPSA) is 9.23 Å². The molecule has 0 rings (SSSR count). The van der Waals surface area contributed by atoms with E-state index in [0.29, 0.717) is 0 Å². The highest BCUT2D eigenvalue weighted by Gasteiger charge is 1.96. The molecular weight excluding hydrogens is 308 g/mol. The van der Waals surface area contributed by atoms with Gasteiger partial charge in [0, 0.05) is 6.61 Å². The van der Waals surface area contributed by atoms with Crippen LogP contribution in [-0.4, -0.2) is 17.1 Å². The zero-order valence-corrected chi connectivity index (χ0v) is 17.9. The Morgan fingerprint density at radius 1 is 0.500 bits per heavy atom. The maximum atomic E-state index is 4.88. The molecular formula is C22H45OSi. The van der Waals surface area contributed by atoms with Crippen LogP contribution < -0.4 is 0 Å². The van der Waals surface area contributed by atoms with Crippen LogP contribution in [0.1, 0.15) is 129 Å². The van der Waals surface area contributed by atoms with Crippen LogP contribution in [0.25, 0.3) is 0 Å². The quantitative estimate of drug-likeness (QED) is 0.160. The van der Waals surface area contributed by atoms with E-state index in [-0.39, 0.29) is 0 Å². The van der Waals surface area contributed by atoms with E-state index in [1.165, 1.54) is 116 Å². The lowest BCUT2D eigenvalue weighted by Crippen LogP contribution is -1.89. The Bertz CT molecular complexity index is 218. The molecule has 3 radical (unpaired) electrons. The van der Waals surface area contributed by atoms with Crippen LogP contribution in [0, 0.1) is 5.92 Å². The van der Waals surface area contributed by atoms with Crippen molar-refractivity contribution in [2.24, 2.45) is 5.92 Å². The average molecular weight is 354 g/mol. The second-order valence-corrected chi connectivity index (χ2v) is 8.33. The Hall–Kier alpha value is 0.177. The fourth-order valence-corrected chi connectivity index (χ4v) is 3.52. The summed E-state index contributed by atoms with van der Waals surface area (Å²) in [6, 6.07) is 0. The SMILES string of the molecule is CC(C)CCCCCCCCCCCCCCCCCCCO[Si]. The normalized spacial score (nSPS) is 11.5. The van der Waals surface area contributed by atoms with E-state index in [0.717, 1.165) is 12.5 Å². The average Bonchev–Trinajstić information content (AvgIpc) is 2.56. The van der Waals surface area contributed by atoms with E-state index < -0.39 is 0 Å². The number of hydrogen-bond acceptors (Lipinski definition) is 1. The number of hydrogen-bond donors (Lipinski definition) is 0. The minimum atomic E-state index is 0.856. The molecule has 0 aliphatic rings. The summed E-state index contributed by atoms with van der Waals surface area (Å²) in [5.41, 5.74) is 0. The Balaban J connectivity index is 2.95. The van der Waals surface area contributed by atoms with Crippen LogP contribution in [0.3, 0.4) is 0 Å². The van der Waals surface area contributed by atoms with Gasteiger partial charge in [-0.15, -0.1) is 0 Å². The van der Waals surface area contributed by atoms with Crippen molar-refractivity contribution in [2.45, 2.75) is 129 Å². The molecule has 0 saturated heterocycles. The monoisotopic (exact) mass is 353 g/mol. The van der Waals surface area contributed by atoms with Crippen LogP contribution in [0.15, 0.2) is 0 Å². The predicted molar refractivity (Wildman–Crippen MR) is 110 cm³/mol. The fourth-order valence-electron chi connectivity index (χ4n) is 3.38. The first kappa shape index (κ1) is 24.2. The van der Waals surface area contributed by atoms with Crippen molar-refractivity contribution in [3.8, 4) is 0 Å². The molecule has 0 bridgehead atoms. The molecule has 0 spiro atoms. The van der Waals surface area contributed by atoms with Crippen LogP contribution in [0.2, 0.25) is 0 Å². The van der Waals surface area contributed by atoms with Gasteiger partial charge in [0.2, 0.25) is 10.5 Å². The Morgan fingerprint density at radius 2 is 0.792 bits per heavy atom. The molecule has 0 heterocycles. The van der Waals surface area contributed by atoms with Gasteiger partial charge in [0.1, 0.15) is 0 Å². The van der Waals surface area contributed by atoms with E-state index in [2.05, 4.69) is 24.3 Å². The Kier molecular flexibility index (Phi) is 21.4. The largest absolute Gasteiger partial charge is 0.419 e. The molecule has 0 aliphatic heterocycles. The summed E-state index contributed by atoms with van der Waals surface area (Å²) in [5.74, 6) is 0.893. The maximum Gasteiger partial charge on any atom is 0.246 e. The van der Waals surface area contributed by atoms with Gasteiger partial charge in [0.25, 0.3) is 0 Å². The van der Waals surface area contributed by atoms with E-state index in [1.807, 2.05) is 0 Å². The molecule has 24 heavy (non-hydrogen) atoms. The molecule has 0 saturated carbocycles. The molecule has 0 aromatic rings. The van der Waals surface area contributed by atoms with Crippen molar-refractivity contribution < 1.29 is 4.43 Å². The van der Waals surface area contributed by atoms with Gasteiger partial charge < -0.3 is 4.43 Å². The summed E-state index contributed by atoms with van der Waals surface area (Å²) in [4.78, 5) is 0. The number of rotatable bonds is 20. The standard InChI is InChI=1S/C22H45OSi/c1-22(2)20-18-16-14-12-10-8-6-4-3-5-7-9-11-13-15-17-19-21-23-24/h22H,3-21H2,1-2H3. The van der Waals surface area contributed by atoms with Gasteiger partial charge in [-0.3, -0.25) is 0 Å². The maximum absolute atomic E-state index is 4.88. The number of unbranched alkanes of at least 4 members (excludes halogenated alkanes) is 16. The van der Waals surface area contributed by atoms with Gasteiger partial charge in [-0.05, 0) is 12.3 Å². The summed E-state index contributed by atoms with van der Waals surface area (Å²) in [7, 11) is 3.05. The zero-order chi connectivity index (χ0) is 17.7. The van der Waals surface area contributed by atoms with Gasteiger partial charge in [-0.25, -0.2) is 0 Å². The predicted octanol–water partition coefficient (Wildman–Crippen LogP) is 7.76. The van der Waals surface area contributed by atoms with Crippen LogP contribution in [0.4, 0.5) is 0 Å². The summed E-state index contributed by atoms with van der Waals surface area (Å²) in [6.07, 6.45) is 25.8. The van der Waals surface area contributed by atoms with Crippen molar-refractivity contribution in [3.05, 3.63) is 0 Å². The lowest BCUT2D eigenvalue weighted by Gasteiger charge is -2.05. The van der Waals surface area contributed by atoms with E-state index >= 15 is 0 Å². The second-order valence-electron chi connectivity index (χ2n) is 8.04. The molecule has 0 aromatic carbocycles. The fraction of sp³-hybridized carbons (Fsp3) is 1.00. The summed E-state index contributed by atoms with van der Waals surface area (Å²) >= 11 is 0. The van der Waals surface area contributed by atoms with Crippen LogP contribution in [0.5, 0.6) is 0 Å². The third-order valence-corrected chi connectivity index (χ3v) is 5.23. The molecule has 0 atom stereocenters. The van der Waals surface area contributed by atoms with Gasteiger partial charge >= 0.3 is 0 Å². The smallest absolute Gasteiger partial charge is 0.246 e. The third-order valence-electron chi connectivity index (χ3n) is 5.03. The molecule has 143 valence electrons. The van der Waals surface area contributed by atoms with E-state index in [1.54, 1.807) is 0 Å². The summed E-state index contributed by atoms with van der Waals surface area (Å²) < 4.78 is 4.88. The lowest BCUT2D eigenvalue weighted by atomic mass is 10.0. The summed E-state index contributed by atoms with van der Waals surface area (Å²) in [5, 5.41) is 0. The Morgan fingerprint density at radius 3 is 1.08 bits per heavy atom. The third kappa shape index (κ3) is 22.2. The van der Waals surface area contributed by atoms with Crippen molar-refractivity contribution in [1.82, 2.24) is 0 Å². The van der Waals surface area contributed by atoms with Gasteiger partial charge in [0.15, 0.2) is 0 Å². The highest BCUT2D eigenvalue weighted by atomic mass is 28.2. The Labute approximate surface area is 157 Å². The molecule has 0 aromatic heterocycles. The zero-order valence-electron chi connectivity index (χ0n) is 16.9. The molecule has 2 heteroatoms. The van der Waals surface area contributed by atoms with Crippen molar-refractivity contribution >= 4 is 10.5 Å². The van der Waals surface area contributed by atoms with E-state index in [4.69, 9.17) is 4.43 Å². The first-order chi connectivity index (χ1) is 11.8. The minimum Gasteiger partial charge on any atom is -0.419 e. The summed E-state index contributed by atoms with van der Waals surface area (Å²) in [6.45, 7) is 5.53. The first-order valence-electron chi connectivity index (χ1n) is 11.1. The van der Waals surface area contributed by atoms with Gasteiger partial charge in [-0.2, -0.15) is 0 Å². The molecule has 0 N–H and O–H groups in total. The van der Waals surface area contributed by atoms with Crippen LogP contribution in [-0.2, 0) is 4.43 Å².